The Morgan fingerprint density at radius 1 is 1.07 bits per heavy atom. The number of aromatic nitrogens is 4. The average Bonchev–Trinajstić information content (AvgIpc) is 2.16. The molecule has 14 heavy (non-hydrogen) atoms. The minimum Gasteiger partial charge on any atom is -0.249 e. The molecule has 0 aliphatic heterocycles. The molecule has 2 heterocycles. The zero-order valence-corrected chi connectivity index (χ0v) is 8.52. The lowest BCUT2D eigenvalue weighted by Crippen LogP contribution is -2.14. The van der Waals surface area contributed by atoms with Gasteiger partial charge < -0.3 is 0 Å². The minimum absolute atomic E-state index is 0.00609. The summed E-state index contributed by atoms with van der Waals surface area (Å²) >= 11 is 0. The first-order valence-electron chi connectivity index (χ1n) is 4.50. The molecule has 0 spiro atoms. The Hall–Kier alpha value is -1.58. The molecule has 0 aliphatic carbocycles. The van der Waals surface area contributed by atoms with Crippen LogP contribution in [0.4, 0.5) is 0 Å². The van der Waals surface area contributed by atoms with Crippen LogP contribution in [0.5, 0.6) is 0 Å². The number of fused-ring (bicyclic) bond motifs is 1. The fourth-order valence-corrected chi connectivity index (χ4v) is 1.13. The molecule has 2 rings (SSSR count). The molecular formula is C10H12N4. The van der Waals surface area contributed by atoms with E-state index in [0.29, 0.717) is 5.65 Å². The summed E-state index contributed by atoms with van der Waals surface area (Å²) in [4.78, 5) is 16.7. The van der Waals surface area contributed by atoms with E-state index >= 15 is 0 Å². The third kappa shape index (κ3) is 1.55. The molecule has 0 saturated heterocycles. The van der Waals surface area contributed by atoms with E-state index in [1.807, 2.05) is 0 Å². The number of hydrogen-bond acceptors (Lipinski definition) is 4. The van der Waals surface area contributed by atoms with E-state index in [2.05, 4.69) is 40.7 Å². The summed E-state index contributed by atoms with van der Waals surface area (Å²) in [6.07, 6.45) is 4.94. The summed E-state index contributed by atoms with van der Waals surface area (Å²) in [7, 11) is 0. The SMILES string of the molecule is CC(C)(C)c1cnc2cncnc2n1. The average molecular weight is 188 g/mol. The summed E-state index contributed by atoms with van der Waals surface area (Å²) < 4.78 is 0. The first kappa shape index (κ1) is 8.99. The van der Waals surface area contributed by atoms with Gasteiger partial charge in [-0.3, -0.25) is 0 Å². The molecule has 0 radical (unpaired) electrons. The third-order valence-corrected chi connectivity index (χ3v) is 1.99. The molecule has 2 aromatic rings. The highest BCUT2D eigenvalue weighted by Gasteiger charge is 2.16. The molecule has 4 nitrogen and oxygen atoms in total. The summed E-state index contributed by atoms with van der Waals surface area (Å²) in [5, 5.41) is 0. The first-order valence-corrected chi connectivity index (χ1v) is 4.50. The quantitative estimate of drug-likeness (QED) is 0.631. The predicted octanol–water partition coefficient (Wildman–Crippen LogP) is 1.72. The monoisotopic (exact) mass is 188 g/mol. The van der Waals surface area contributed by atoms with Crippen LogP contribution in [0.3, 0.4) is 0 Å². The van der Waals surface area contributed by atoms with Crippen molar-refractivity contribution in [3.63, 3.8) is 0 Å². The van der Waals surface area contributed by atoms with Crippen LogP contribution >= 0.6 is 0 Å². The van der Waals surface area contributed by atoms with E-state index in [1.165, 1.54) is 6.33 Å². The van der Waals surface area contributed by atoms with Gasteiger partial charge in [-0.15, -0.1) is 0 Å². The van der Waals surface area contributed by atoms with Gasteiger partial charge >= 0.3 is 0 Å². The maximum absolute atomic E-state index is 4.43. The molecule has 0 unspecified atom stereocenters. The zero-order chi connectivity index (χ0) is 10.2. The topological polar surface area (TPSA) is 51.6 Å². The molecule has 0 amide bonds. The number of hydrogen-bond donors (Lipinski definition) is 0. The van der Waals surface area contributed by atoms with Crippen molar-refractivity contribution in [3.8, 4) is 0 Å². The van der Waals surface area contributed by atoms with Gasteiger partial charge in [-0.1, -0.05) is 20.8 Å². The first-order chi connectivity index (χ1) is 6.57. The maximum atomic E-state index is 4.43. The lowest BCUT2D eigenvalue weighted by atomic mass is 9.93. The van der Waals surface area contributed by atoms with Gasteiger partial charge in [0.2, 0.25) is 0 Å². The van der Waals surface area contributed by atoms with E-state index < -0.39 is 0 Å². The fraction of sp³-hybridized carbons (Fsp3) is 0.400. The Morgan fingerprint density at radius 2 is 1.86 bits per heavy atom. The van der Waals surface area contributed by atoms with E-state index in [1.54, 1.807) is 12.4 Å². The van der Waals surface area contributed by atoms with Gasteiger partial charge in [0.15, 0.2) is 5.65 Å². The Kier molecular flexibility index (Phi) is 1.91. The molecule has 2 aromatic heterocycles. The Bertz CT molecular complexity index is 459. The van der Waals surface area contributed by atoms with Gasteiger partial charge in [0.05, 0.1) is 11.9 Å². The second-order valence-corrected chi connectivity index (χ2v) is 4.24. The van der Waals surface area contributed by atoms with Crippen molar-refractivity contribution in [1.82, 2.24) is 19.9 Å². The van der Waals surface area contributed by atoms with Crippen molar-refractivity contribution in [2.24, 2.45) is 0 Å². The van der Waals surface area contributed by atoms with Crippen LogP contribution in [0.15, 0.2) is 18.7 Å². The third-order valence-electron chi connectivity index (χ3n) is 1.99. The van der Waals surface area contributed by atoms with Crippen LogP contribution in [-0.4, -0.2) is 19.9 Å². The van der Waals surface area contributed by atoms with Crippen molar-refractivity contribution in [1.29, 1.82) is 0 Å². The Balaban J connectivity index is 2.63. The highest BCUT2D eigenvalue weighted by molar-refractivity contribution is 5.67. The predicted molar refractivity (Wildman–Crippen MR) is 53.8 cm³/mol. The molecule has 0 bridgehead atoms. The van der Waals surface area contributed by atoms with Crippen LogP contribution in [0.2, 0.25) is 0 Å². The maximum Gasteiger partial charge on any atom is 0.181 e. The van der Waals surface area contributed by atoms with Gasteiger partial charge in [0.25, 0.3) is 0 Å². The van der Waals surface area contributed by atoms with E-state index in [4.69, 9.17) is 0 Å². The van der Waals surface area contributed by atoms with Crippen LogP contribution < -0.4 is 0 Å². The molecule has 72 valence electrons. The minimum atomic E-state index is 0.00609. The van der Waals surface area contributed by atoms with Crippen molar-refractivity contribution in [2.45, 2.75) is 26.2 Å². The summed E-state index contributed by atoms with van der Waals surface area (Å²) in [6, 6.07) is 0. The van der Waals surface area contributed by atoms with Crippen LogP contribution in [0, 0.1) is 0 Å². The normalized spacial score (nSPS) is 11.9. The van der Waals surface area contributed by atoms with Crippen molar-refractivity contribution in [3.05, 3.63) is 24.4 Å². The highest BCUT2D eigenvalue weighted by Crippen LogP contribution is 2.19. The van der Waals surface area contributed by atoms with Crippen LogP contribution in [0.1, 0.15) is 26.5 Å². The van der Waals surface area contributed by atoms with Crippen LogP contribution in [0.25, 0.3) is 11.2 Å². The lowest BCUT2D eigenvalue weighted by Gasteiger charge is -2.16. The number of rotatable bonds is 0. The molecule has 0 aliphatic rings. The van der Waals surface area contributed by atoms with Crippen molar-refractivity contribution in [2.75, 3.05) is 0 Å². The Morgan fingerprint density at radius 3 is 2.57 bits per heavy atom. The second-order valence-electron chi connectivity index (χ2n) is 4.24. The second kappa shape index (κ2) is 2.97. The number of nitrogens with zero attached hydrogens (tertiary/aromatic N) is 4. The molecule has 0 atom stereocenters. The van der Waals surface area contributed by atoms with Gasteiger partial charge in [-0.25, -0.2) is 19.9 Å². The van der Waals surface area contributed by atoms with Crippen molar-refractivity contribution < 1.29 is 0 Å². The molecule has 0 saturated carbocycles. The van der Waals surface area contributed by atoms with Crippen molar-refractivity contribution >= 4 is 11.2 Å². The van der Waals surface area contributed by atoms with Gasteiger partial charge in [-0.2, -0.15) is 0 Å². The van der Waals surface area contributed by atoms with E-state index in [9.17, 15) is 0 Å². The van der Waals surface area contributed by atoms with Gasteiger partial charge in [-0.05, 0) is 0 Å². The lowest BCUT2D eigenvalue weighted by molar-refractivity contribution is 0.568. The summed E-state index contributed by atoms with van der Waals surface area (Å²) in [5.74, 6) is 0. The summed E-state index contributed by atoms with van der Waals surface area (Å²) in [5.41, 5.74) is 2.35. The molecule has 4 heteroatoms. The molecule has 0 fully saturated rings. The standard InChI is InChI=1S/C10H12N4/c1-10(2,3)8-5-12-7-4-11-6-13-9(7)14-8/h4-6H,1-3H3. The molecular weight excluding hydrogens is 176 g/mol. The molecule has 0 aromatic carbocycles. The molecule has 0 N–H and O–H groups in total. The van der Waals surface area contributed by atoms with Gasteiger partial charge in [0.1, 0.15) is 11.8 Å². The fourth-order valence-electron chi connectivity index (χ4n) is 1.13. The van der Waals surface area contributed by atoms with E-state index in [-0.39, 0.29) is 5.41 Å². The zero-order valence-electron chi connectivity index (χ0n) is 8.52. The largest absolute Gasteiger partial charge is 0.249 e. The van der Waals surface area contributed by atoms with E-state index in [0.717, 1.165) is 11.2 Å². The summed E-state index contributed by atoms with van der Waals surface area (Å²) in [6.45, 7) is 6.30. The van der Waals surface area contributed by atoms with Gasteiger partial charge in [0, 0.05) is 11.6 Å². The highest BCUT2D eigenvalue weighted by atomic mass is 15.0. The smallest absolute Gasteiger partial charge is 0.181 e. The Labute approximate surface area is 82.5 Å². The van der Waals surface area contributed by atoms with Crippen LogP contribution in [-0.2, 0) is 5.41 Å².